The second kappa shape index (κ2) is 7.36. The molecule has 1 heterocycles. The summed E-state index contributed by atoms with van der Waals surface area (Å²) in [6.45, 7) is 4.93. The maximum atomic E-state index is 13.4. The van der Waals surface area contributed by atoms with E-state index in [1.807, 2.05) is 43.0 Å². The van der Waals surface area contributed by atoms with Crippen molar-refractivity contribution in [3.63, 3.8) is 0 Å². The molecular formula is C17H24FN3. The van der Waals surface area contributed by atoms with E-state index in [-0.39, 0.29) is 11.9 Å². The van der Waals surface area contributed by atoms with Crippen LogP contribution < -0.4 is 5.32 Å². The van der Waals surface area contributed by atoms with Gasteiger partial charge in [0.25, 0.3) is 0 Å². The van der Waals surface area contributed by atoms with Gasteiger partial charge < -0.3 is 5.32 Å². The van der Waals surface area contributed by atoms with Gasteiger partial charge in [0.05, 0.1) is 0 Å². The summed E-state index contributed by atoms with van der Waals surface area (Å²) in [6.07, 6.45) is 4.84. The van der Waals surface area contributed by atoms with E-state index < -0.39 is 0 Å². The van der Waals surface area contributed by atoms with Gasteiger partial charge in [-0.25, -0.2) is 4.39 Å². The third kappa shape index (κ3) is 4.14. The molecular weight excluding hydrogens is 265 g/mol. The molecule has 0 spiro atoms. The highest BCUT2D eigenvalue weighted by Gasteiger charge is 2.13. The Morgan fingerprint density at radius 1 is 1.33 bits per heavy atom. The van der Waals surface area contributed by atoms with E-state index in [1.165, 1.54) is 5.69 Å². The molecule has 0 amide bonds. The summed E-state index contributed by atoms with van der Waals surface area (Å²) in [5, 5.41) is 7.76. The first-order valence-corrected chi connectivity index (χ1v) is 7.58. The number of nitrogens with zero attached hydrogens (tertiary/aromatic N) is 2. The topological polar surface area (TPSA) is 29.9 Å². The Kier molecular flexibility index (Phi) is 5.51. The molecule has 1 unspecified atom stereocenters. The summed E-state index contributed by atoms with van der Waals surface area (Å²) in [5.74, 6) is -0.139. The second-order valence-electron chi connectivity index (χ2n) is 5.50. The number of aryl methyl sites for hydroxylation is 3. The lowest BCUT2D eigenvalue weighted by atomic mass is 9.99. The van der Waals surface area contributed by atoms with E-state index in [9.17, 15) is 4.39 Å². The van der Waals surface area contributed by atoms with E-state index in [2.05, 4.69) is 17.3 Å². The smallest absolute Gasteiger partial charge is 0.126 e. The Hall–Kier alpha value is -1.68. The van der Waals surface area contributed by atoms with Gasteiger partial charge in [0.15, 0.2) is 0 Å². The monoisotopic (exact) mass is 289 g/mol. The lowest BCUT2D eigenvalue weighted by Crippen LogP contribution is -2.23. The van der Waals surface area contributed by atoms with Crippen LogP contribution in [-0.2, 0) is 13.5 Å². The molecule has 0 bridgehead atoms. The van der Waals surface area contributed by atoms with E-state index >= 15 is 0 Å². The summed E-state index contributed by atoms with van der Waals surface area (Å²) in [4.78, 5) is 0. The molecule has 0 radical (unpaired) electrons. The summed E-state index contributed by atoms with van der Waals surface area (Å²) in [6, 6.07) is 7.70. The molecule has 3 nitrogen and oxygen atoms in total. The highest BCUT2D eigenvalue weighted by atomic mass is 19.1. The van der Waals surface area contributed by atoms with Crippen molar-refractivity contribution in [3.8, 4) is 0 Å². The summed E-state index contributed by atoms with van der Waals surface area (Å²) in [7, 11) is 1.96. The molecule has 2 rings (SSSR count). The first-order chi connectivity index (χ1) is 10.1. The van der Waals surface area contributed by atoms with Crippen molar-refractivity contribution < 1.29 is 4.39 Å². The Morgan fingerprint density at radius 2 is 2.14 bits per heavy atom. The van der Waals surface area contributed by atoms with Gasteiger partial charge in [0, 0.05) is 25.0 Å². The number of hydrogen-bond acceptors (Lipinski definition) is 2. The van der Waals surface area contributed by atoms with Gasteiger partial charge in [0.2, 0.25) is 0 Å². The maximum Gasteiger partial charge on any atom is 0.126 e. The molecule has 1 aromatic heterocycles. The van der Waals surface area contributed by atoms with E-state index in [4.69, 9.17) is 0 Å². The lowest BCUT2D eigenvalue weighted by Gasteiger charge is -2.19. The third-order valence-corrected chi connectivity index (χ3v) is 3.84. The van der Waals surface area contributed by atoms with Crippen molar-refractivity contribution in [1.29, 1.82) is 0 Å². The molecule has 0 aliphatic rings. The van der Waals surface area contributed by atoms with Crippen LogP contribution in [0.25, 0.3) is 0 Å². The summed E-state index contributed by atoms with van der Waals surface area (Å²) in [5.41, 5.74) is 3.08. The van der Waals surface area contributed by atoms with Crippen molar-refractivity contribution in [2.45, 2.75) is 39.2 Å². The van der Waals surface area contributed by atoms with Crippen molar-refractivity contribution >= 4 is 0 Å². The number of aromatic nitrogens is 2. The molecule has 2 aromatic rings. The molecule has 4 heteroatoms. The minimum Gasteiger partial charge on any atom is -0.310 e. The number of hydrogen-bond donors (Lipinski definition) is 1. The zero-order chi connectivity index (χ0) is 15.2. The van der Waals surface area contributed by atoms with E-state index in [1.54, 1.807) is 6.07 Å². The number of benzene rings is 1. The van der Waals surface area contributed by atoms with Gasteiger partial charge in [-0.1, -0.05) is 19.1 Å². The largest absolute Gasteiger partial charge is 0.310 e. The first kappa shape index (κ1) is 15.7. The van der Waals surface area contributed by atoms with E-state index in [0.717, 1.165) is 31.4 Å². The molecule has 0 fully saturated rings. The van der Waals surface area contributed by atoms with Crippen molar-refractivity contribution in [1.82, 2.24) is 15.1 Å². The van der Waals surface area contributed by atoms with Crippen LogP contribution in [0.4, 0.5) is 4.39 Å². The minimum atomic E-state index is -0.139. The van der Waals surface area contributed by atoms with Crippen molar-refractivity contribution in [3.05, 3.63) is 53.1 Å². The molecule has 1 N–H and O–H groups in total. The highest BCUT2D eigenvalue weighted by Crippen LogP contribution is 2.21. The van der Waals surface area contributed by atoms with Gasteiger partial charge in [-0.2, -0.15) is 5.10 Å². The highest BCUT2D eigenvalue weighted by molar-refractivity contribution is 5.26. The zero-order valence-electron chi connectivity index (χ0n) is 13.1. The van der Waals surface area contributed by atoms with Crippen LogP contribution in [0.3, 0.4) is 0 Å². The Labute approximate surface area is 126 Å². The Balaban J connectivity index is 2.09. The molecule has 0 aliphatic heterocycles. The molecule has 114 valence electrons. The molecule has 0 saturated carbocycles. The van der Waals surface area contributed by atoms with Crippen LogP contribution in [0.2, 0.25) is 0 Å². The van der Waals surface area contributed by atoms with Gasteiger partial charge in [-0.05, 0) is 56.0 Å². The molecule has 1 aromatic carbocycles. The molecule has 21 heavy (non-hydrogen) atoms. The molecule has 0 aliphatic carbocycles. The average Bonchev–Trinajstić information content (AvgIpc) is 2.88. The molecule has 1 atom stereocenters. The number of nitrogens with one attached hydrogen (secondary N) is 1. The van der Waals surface area contributed by atoms with E-state index in [0.29, 0.717) is 5.56 Å². The fourth-order valence-electron chi connectivity index (χ4n) is 2.53. The maximum absolute atomic E-state index is 13.4. The fraction of sp³-hybridized carbons (Fsp3) is 0.471. The summed E-state index contributed by atoms with van der Waals surface area (Å²) >= 11 is 0. The van der Waals surface area contributed by atoms with Crippen molar-refractivity contribution in [2.24, 2.45) is 7.05 Å². The molecule has 0 saturated heterocycles. The number of halogens is 1. The van der Waals surface area contributed by atoms with Gasteiger partial charge in [-0.3, -0.25) is 4.68 Å². The second-order valence-corrected chi connectivity index (χ2v) is 5.50. The predicted octanol–water partition coefficient (Wildman–Crippen LogP) is 3.54. The Bertz CT molecular complexity index is 577. The summed E-state index contributed by atoms with van der Waals surface area (Å²) < 4.78 is 15.4. The predicted molar refractivity (Wildman–Crippen MR) is 83.7 cm³/mol. The van der Waals surface area contributed by atoms with Crippen LogP contribution in [-0.4, -0.2) is 16.3 Å². The Morgan fingerprint density at radius 3 is 2.76 bits per heavy atom. The van der Waals surface area contributed by atoms with Gasteiger partial charge >= 0.3 is 0 Å². The first-order valence-electron chi connectivity index (χ1n) is 7.58. The average molecular weight is 289 g/mol. The van der Waals surface area contributed by atoms with Crippen LogP contribution >= 0.6 is 0 Å². The van der Waals surface area contributed by atoms with Gasteiger partial charge in [0.1, 0.15) is 5.82 Å². The van der Waals surface area contributed by atoms with Crippen LogP contribution in [0, 0.1) is 12.7 Å². The normalized spacial score (nSPS) is 12.6. The van der Waals surface area contributed by atoms with Crippen molar-refractivity contribution in [2.75, 3.05) is 6.54 Å². The number of rotatable bonds is 7. The SMILES string of the molecule is CCCNC(CCc1ccnn1C)c1ccc(F)c(C)c1. The lowest BCUT2D eigenvalue weighted by molar-refractivity contribution is 0.490. The van der Waals surface area contributed by atoms with Crippen LogP contribution in [0.15, 0.2) is 30.5 Å². The minimum absolute atomic E-state index is 0.139. The van der Waals surface area contributed by atoms with Crippen LogP contribution in [0.1, 0.15) is 42.6 Å². The quantitative estimate of drug-likeness (QED) is 0.845. The standard InChI is InChI=1S/C17H24FN3/c1-4-10-19-17(8-6-15-9-11-20-21(15)3)14-5-7-16(18)13(2)12-14/h5,7,9,11-12,17,19H,4,6,8,10H2,1-3H3. The third-order valence-electron chi connectivity index (χ3n) is 3.84. The zero-order valence-corrected chi connectivity index (χ0v) is 13.1. The van der Waals surface area contributed by atoms with Gasteiger partial charge in [-0.15, -0.1) is 0 Å². The van der Waals surface area contributed by atoms with Crippen LogP contribution in [0.5, 0.6) is 0 Å². The fourth-order valence-corrected chi connectivity index (χ4v) is 2.53.